The van der Waals surface area contributed by atoms with Crippen molar-refractivity contribution < 1.29 is 4.92 Å². The fourth-order valence-electron chi connectivity index (χ4n) is 3.13. The Kier molecular flexibility index (Phi) is 5.90. The minimum atomic E-state index is -0.387. The second-order valence-electron chi connectivity index (χ2n) is 6.26. The van der Waals surface area contributed by atoms with Gasteiger partial charge in [-0.05, 0) is 26.2 Å². The molecule has 1 N–H and O–H groups in total. The predicted molar refractivity (Wildman–Crippen MR) is 103 cm³/mol. The molecule has 0 aliphatic heterocycles. The van der Waals surface area contributed by atoms with Gasteiger partial charge in [0.15, 0.2) is 5.16 Å². The number of allylic oxidation sites excluding steroid dienone is 3. The van der Waals surface area contributed by atoms with Gasteiger partial charge < -0.3 is 9.55 Å². The van der Waals surface area contributed by atoms with E-state index in [9.17, 15) is 14.9 Å². The van der Waals surface area contributed by atoms with E-state index in [1.807, 2.05) is 11.5 Å². The van der Waals surface area contributed by atoms with Gasteiger partial charge in [0.25, 0.3) is 5.56 Å². The molecule has 1 aliphatic carbocycles. The maximum atomic E-state index is 12.4. The molecule has 0 aromatic carbocycles. The summed E-state index contributed by atoms with van der Waals surface area (Å²) >= 11 is 1.34. The molecule has 1 aliphatic rings. The third-order valence-electron chi connectivity index (χ3n) is 4.53. The van der Waals surface area contributed by atoms with Crippen molar-refractivity contribution in [2.75, 3.05) is 5.75 Å². The van der Waals surface area contributed by atoms with E-state index in [0.29, 0.717) is 23.0 Å². The fourth-order valence-corrected chi connectivity index (χ4v) is 4.20. The highest BCUT2D eigenvalue weighted by Crippen LogP contribution is 2.26. The lowest BCUT2D eigenvalue weighted by molar-refractivity contribution is -0.425. The lowest BCUT2D eigenvalue weighted by Gasteiger charge is -2.16. The largest absolute Gasteiger partial charge is 0.347 e. The minimum Gasteiger partial charge on any atom is -0.347 e. The Bertz CT molecular complexity index is 960. The lowest BCUT2D eigenvalue weighted by Crippen LogP contribution is -2.22. The number of H-pyrrole nitrogens is 1. The highest BCUT2D eigenvalue weighted by molar-refractivity contribution is 7.99. The lowest BCUT2D eigenvalue weighted by atomic mass is 10.2. The number of rotatable bonds is 7. The van der Waals surface area contributed by atoms with Gasteiger partial charge in [-0.2, -0.15) is 4.98 Å². The van der Waals surface area contributed by atoms with Crippen LogP contribution in [0.1, 0.15) is 37.4 Å². The van der Waals surface area contributed by atoms with E-state index in [-0.39, 0.29) is 16.2 Å². The molecule has 2 aromatic rings. The van der Waals surface area contributed by atoms with Crippen molar-refractivity contribution in [1.82, 2.24) is 19.5 Å². The molecule has 3 rings (SSSR count). The van der Waals surface area contributed by atoms with E-state index in [1.165, 1.54) is 18.7 Å². The molecule has 27 heavy (non-hydrogen) atoms. The van der Waals surface area contributed by atoms with Crippen LogP contribution in [0.2, 0.25) is 0 Å². The quantitative estimate of drug-likeness (QED) is 0.257. The van der Waals surface area contributed by atoms with Gasteiger partial charge in [-0.25, -0.2) is 4.98 Å². The highest BCUT2D eigenvalue weighted by Gasteiger charge is 2.23. The van der Waals surface area contributed by atoms with E-state index in [4.69, 9.17) is 0 Å². The standard InChI is InChI=1S/C18H21N5O3S/c1-3-5-13(12(2)23(25)26)11-27-18-21-17(24)14-6-4-7-15(14)22(18)10-16-19-8-9-20-16/h3,5,8-9H,4,6-7,10-11H2,1-2H3,(H,19,20)/b5-3-,13-12-. The molecule has 0 unspecified atom stereocenters. The number of nitrogens with zero attached hydrogens (tertiary/aromatic N) is 4. The van der Waals surface area contributed by atoms with Crippen LogP contribution in [-0.4, -0.2) is 30.2 Å². The van der Waals surface area contributed by atoms with Gasteiger partial charge in [0, 0.05) is 41.9 Å². The van der Waals surface area contributed by atoms with Gasteiger partial charge >= 0.3 is 0 Å². The van der Waals surface area contributed by atoms with Crippen LogP contribution in [0.5, 0.6) is 0 Å². The molecular formula is C18H21N5O3S. The normalized spacial score (nSPS) is 14.4. The molecule has 2 heterocycles. The van der Waals surface area contributed by atoms with Crippen LogP contribution in [-0.2, 0) is 19.4 Å². The summed E-state index contributed by atoms with van der Waals surface area (Å²) in [6.07, 6.45) is 9.45. The summed E-state index contributed by atoms with van der Waals surface area (Å²) in [4.78, 5) is 34.8. The van der Waals surface area contributed by atoms with Crippen LogP contribution in [0.25, 0.3) is 0 Å². The van der Waals surface area contributed by atoms with Crippen LogP contribution in [0, 0.1) is 10.1 Å². The van der Waals surface area contributed by atoms with E-state index < -0.39 is 0 Å². The first kappa shape index (κ1) is 19.1. The van der Waals surface area contributed by atoms with Crippen molar-refractivity contribution in [1.29, 1.82) is 0 Å². The molecular weight excluding hydrogens is 366 g/mol. The van der Waals surface area contributed by atoms with Crippen molar-refractivity contribution in [3.63, 3.8) is 0 Å². The average Bonchev–Trinajstić information content (AvgIpc) is 3.32. The number of thioether (sulfide) groups is 1. The first-order chi connectivity index (χ1) is 13.0. The molecule has 0 radical (unpaired) electrons. The second kappa shape index (κ2) is 8.34. The summed E-state index contributed by atoms with van der Waals surface area (Å²) in [7, 11) is 0. The Morgan fingerprint density at radius 2 is 2.30 bits per heavy atom. The number of nitro groups is 1. The SMILES string of the molecule is C/C=C\C(CSc1nc(=O)c2c(n1Cc1ncc[nH]1)CCC2)=C(/C)[N+](=O)[O-]. The minimum absolute atomic E-state index is 0.0988. The van der Waals surface area contributed by atoms with E-state index in [0.717, 1.165) is 36.3 Å². The predicted octanol–water partition coefficient (Wildman–Crippen LogP) is 2.72. The maximum Gasteiger partial charge on any atom is 0.277 e. The Morgan fingerprint density at radius 1 is 1.48 bits per heavy atom. The number of aromatic amines is 1. The Morgan fingerprint density at radius 3 is 2.96 bits per heavy atom. The number of nitrogens with one attached hydrogen (secondary N) is 1. The number of hydrogen-bond acceptors (Lipinski definition) is 6. The Hall–Kier alpha value is -2.68. The number of aromatic nitrogens is 4. The van der Waals surface area contributed by atoms with Crippen molar-refractivity contribution in [2.24, 2.45) is 0 Å². The first-order valence-corrected chi connectivity index (χ1v) is 9.70. The fraction of sp³-hybridized carbons (Fsp3) is 0.389. The summed E-state index contributed by atoms with van der Waals surface area (Å²) in [5.41, 5.74) is 2.28. The van der Waals surface area contributed by atoms with Crippen molar-refractivity contribution in [3.8, 4) is 0 Å². The van der Waals surface area contributed by atoms with Gasteiger partial charge in [-0.3, -0.25) is 14.9 Å². The monoisotopic (exact) mass is 387 g/mol. The zero-order valence-electron chi connectivity index (χ0n) is 15.3. The smallest absolute Gasteiger partial charge is 0.277 e. The molecule has 0 atom stereocenters. The third kappa shape index (κ3) is 4.19. The van der Waals surface area contributed by atoms with Crippen molar-refractivity contribution in [3.05, 3.63) is 73.4 Å². The molecule has 0 bridgehead atoms. The van der Waals surface area contributed by atoms with Crippen LogP contribution in [0.4, 0.5) is 0 Å². The van der Waals surface area contributed by atoms with Gasteiger partial charge in [-0.15, -0.1) is 0 Å². The average molecular weight is 387 g/mol. The second-order valence-corrected chi connectivity index (χ2v) is 7.20. The van der Waals surface area contributed by atoms with Gasteiger partial charge in [0.1, 0.15) is 5.82 Å². The maximum absolute atomic E-state index is 12.4. The van der Waals surface area contributed by atoms with E-state index in [1.54, 1.807) is 24.5 Å². The number of imidazole rings is 1. The molecule has 0 saturated carbocycles. The van der Waals surface area contributed by atoms with Gasteiger partial charge in [-0.1, -0.05) is 23.9 Å². The summed E-state index contributed by atoms with van der Waals surface area (Å²) in [6, 6.07) is 0. The molecule has 0 spiro atoms. The van der Waals surface area contributed by atoms with Crippen molar-refractivity contribution in [2.45, 2.75) is 44.8 Å². The zero-order chi connectivity index (χ0) is 19.4. The zero-order valence-corrected chi connectivity index (χ0v) is 16.1. The Balaban J connectivity index is 1.97. The summed E-state index contributed by atoms with van der Waals surface area (Å²) in [6.45, 7) is 3.79. The summed E-state index contributed by atoms with van der Waals surface area (Å²) in [5.74, 6) is 1.14. The van der Waals surface area contributed by atoms with Crippen LogP contribution >= 0.6 is 11.8 Å². The molecule has 0 saturated heterocycles. The molecule has 142 valence electrons. The van der Waals surface area contributed by atoms with Crippen LogP contribution in [0.3, 0.4) is 0 Å². The molecule has 9 heteroatoms. The van der Waals surface area contributed by atoms with Gasteiger partial charge in [0.05, 0.1) is 11.5 Å². The first-order valence-electron chi connectivity index (χ1n) is 8.71. The third-order valence-corrected chi connectivity index (χ3v) is 5.55. The number of hydrogen-bond donors (Lipinski definition) is 1. The van der Waals surface area contributed by atoms with Gasteiger partial charge in [0.2, 0.25) is 5.70 Å². The summed E-state index contributed by atoms with van der Waals surface area (Å²) < 4.78 is 2.02. The molecule has 2 aromatic heterocycles. The molecule has 0 amide bonds. The van der Waals surface area contributed by atoms with E-state index >= 15 is 0 Å². The van der Waals surface area contributed by atoms with E-state index in [2.05, 4.69) is 15.0 Å². The molecule has 8 nitrogen and oxygen atoms in total. The van der Waals surface area contributed by atoms with Crippen LogP contribution in [0.15, 0.2) is 45.8 Å². The summed E-state index contributed by atoms with van der Waals surface area (Å²) in [5, 5.41) is 11.7. The van der Waals surface area contributed by atoms with Crippen LogP contribution < -0.4 is 5.56 Å². The topological polar surface area (TPSA) is 107 Å². The highest BCUT2D eigenvalue weighted by atomic mass is 32.2. The van der Waals surface area contributed by atoms with Crippen molar-refractivity contribution >= 4 is 11.8 Å². The Labute approximate surface area is 160 Å². The molecule has 0 fully saturated rings. The number of fused-ring (bicyclic) bond motifs is 1.